The van der Waals surface area contributed by atoms with Crippen molar-refractivity contribution in [2.45, 2.75) is 30.8 Å². The van der Waals surface area contributed by atoms with Crippen molar-refractivity contribution in [3.8, 4) is 0 Å². The molecule has 1 aliphatic rings. The molecule has 1 aromatic rings. The minimum atomic E-state index is -3.67. The van der Waals surface area contributed by atoms with E-state index in [4.69, 9.17) is 5.11 Å². The fourth-order valence-corrected chi connectivity index (χ4v) is 3.03. The SMILES string of the molecule is CC(O)CNS(=O)(=O)c1ccc2c(c1)C(C)C(=O)N2. The second-order valence-electron chi connectivity index (χ2n) is 4.66. The summed E-state index contributed by atoms with van der Waals surface area (Å²) >= 11 is 0. The number of nitrogens with one attached hydrogen (secondary N) is 2. The second kappa shape index (κ2) is 4.92. The Morgan fingerprint density at radius 1 is 1.47 bits per heavy atom. The van der Waals surface area contributed by atoms with Crippen molar-refractivity contribution in [2.75, 3.05) is 11.9 Å². The van der Waals surface area contributed by atoms with Gasteiger partial charge in [-0.25, -0.2) is 13.1 Å². The van der Waals surface area contributed by atoms with Crippen LogP contribution in [0.15, 0.2) is 23.1 Å². The lowest BCUT2D eigenvalue weighted by molar-refractivity contribution is -0.116. The predicted octanol–water partition coefficient (Wildman–Crippen LogP) is 0.401. The van der Waals surface area contributed by atoms with Gasteiger partial charge in [0.1, 0.15) is 0 Å². The normalized spacial score (nSPS) is 19.9. The van der Waals surface area contributed by atoms with Gasteiger partial charge in [0.2, 0.25) is 15.9 Å². The van der Waals surface area contributed by atoms with Gasteiger partial charge in [-0.05, 0) is 37.6 Å². The maximum atomic E-state index is 12.0. The van der Waals surface area contributed by atoms with E-state index in [1.54, 1.807) is 13.0 Å². The quantitative estimate of drug-likeness (QED) is 0.746. The number of carbonyl (C=O) groups excluding carboxylic acids is 1. The molecule has 7 heteroatoms. The number of hydrogen-bond donors (Lipinski definition) is 3. The molecule has 2 unspecified atom stereocenters. The molecule has 1 aromatic carbocycles. The van der Waals surface area contributed by atoms with Gasteiger partial charge in [0.25, 0.3) is 0 Å². The van der Waals surface area contributed by atoms with Crippen LogP contribution in [-0.2, 0) is 14.8 Å². The summed E-state index contributed by atoms with van der Waals surface area (Å²) in [5, 5.41) is 11.8. The molecular formula is C12H16N2O4S. The van der Waals surface area contributed by atoms with Crippen LogP contribution in [0.3, 0.4) is 0 Å². The number of aliphatic hydroxyl groups excluding tert-OH is 1. The molecule has 1 heterocycles. The molecule has 0 spiro atoms. The zero-order valence-corrected chi connectivity index (χ0v) is 11.5. The predicted molar refractivity (Wildman–Crippen MR) is 70.4 cm³/mol. The minimum Gasteiger partial charge on any atom is -0.392 e. The molecule has 3 N–H and O–H groups in total. The first-order valence-electron chi connectivity index (χ1n) is 5.94. The Hall–Kier alpha value is -1.44. The Kier molecular flexibility index (Phi) is 3.62. The van der Waals surface area contributed by atoms with E-state index in [9.17, 15) is 13.2 Å². The van der Waals surface area contributed by atoms with Gasteiger partial charge in [-0.2, -0.15) is 0 Å². The summed E-state index contributed by atoms with van der Waals surface area (Å²) in [7, 11) is -3.67. The van der Waals surface area contributed by atoms with Gasteiger partial charge < -0.3 is 10.4 Å². The van der Waals surface area contributed by atoms with Gasteiger partial charge in [-0.1, -0.05) is 0 Å². The summed E-state index contributed by atoms with van der Waals surface area (Å²) < 4.78 is 26.3. The average Bonchev–Trinajstić information content (AvgIpc) is 2.63. The fourth-order valence-electron chi connectivity index (χ4n) is 1.88. The van der Waals surface area contributed by atoms with Gasteiger partial charge in [0.15, 0.2) is 0 Å². The number of amides is 1. The zero-order valence-electron chi connectivity index (χ0n) is 10.7. The lowest BCUT2D eigenvalue weighted by atomic mass is 10.0. The van der Waals surface area contributed by atoms with Crippen LogP contribution >= 0.6 is 0 Å². The molecule has 0 saturated carbocycles. The number of fused-ring (bicyclic) bond motifs is 1. The van der Waals surface area contributed by atoms with Crippen LogP contribution in [-0.4, -0.2) is 32.1 Å². The Morgan fingerprint density at radius 3 is 2.79 bits per heavy atom. The Labute approximate surface area is 111 Å². The number of benzene rings is 1. The summed E-state index contributed by atoms with van der Waals surface area (Å²) in [6.45, 7) is 3.17. The van der Waals surface area contributed by atoms with Crippen molar-refractivity contribution in [2.24, 2.45) is 0 Å². The smallest absolute Gasteiger partial charge is 0.240 e. The third-order valence-corrected chi connectivity index (χ3v) is 4.44. The number of aliphatic hydroxyl groups is 1. The van der Waals surface area contributed by atoms with Crippen LogP contribution in [0.4, 0.5) is 5.69 Å². The van der Waals surface area contributed by atoms with E-state index in [2.05, 4.69) is 10.0 Å². The average molecular weight is 284 g/mol. The molecule has 6 nitrogen and oxygen atoms in total. The molecule has 19 heavy (non-hydrogen) atoms. The maximum Gasteiger partial charge on any atom is 0.240 e. The van der Waals surface area contributed by atoms with Crippen molar-refractivity contribution in [1.29, 1.82) is 0 Å². The van der Waals surface area contributed by atoms with Crippen molar-refractivity contribution in [3.63, 3.8) is 0 Å². The highest BCUT2D eigenvalue weighted by molar-refractivity contribution is 7.89. The maximum absolute atomic E-state index is 12.0. The van der Waals surface area contributed by atoms with Crippen LogP contribution < -0.4 is 10.0 Å². The highest BCUT2D eigenvalue weighted by atomic mass is 32.2. The summed E-state index contributed by atoms with van der Waals surface area (Å²) in [5.74, 6) is -0.497. The zero-order chi connectivity index (χ0) is 14.2. The summed E-state index contributed by atoms with van der Waals surface area (Å²) in [6.07, 6.45) is -0.758. The van der Waals surface area contributed by atoms with Crippen molar-refractivity contribution >= 4 is 21.6 Å². The molecule has 2 atom stereocenters. The van der Waals surface area contributed by atoms with Gasteiger partial charge in [0.05, 0.1) is 16.9 Å². The molecule has 0 saturated heterocycles. The first-order valence-corrected chi connectivity index (χ1v) is 7.42. The van der Waals surface area contributed by atoms with E-state index in [1.165, 1.54) is 19.1 Å². The molecule has 1 aliphatic heterocycles. The number of sulfonamides is 1. The van der Waals surface area contributed by atoms with Crippen molar-refractivity contribution in [3.05, 3.63) is 23.8 Å². The van der Waals surface area contributed by atoms with Gasteiger partial charge in [-0.3, -0.25) is 4.79 Å². The van der Waals surface area contributed by atoms with E-state index < -0.39 is 16.1 Å². The summed E-state index contributed by atoms with van der Waals surface area (Å²) in [5.41, 5.74) is 1.32. The third kappa shape index (κ3) is 2.78. The Balaban J connectivity index is 2.31. The number of anilines is 1. The van der Waals surface area contributed by atoms with Crippen LogP contribution in [0, 0.1) is 0 Å². The molecule has 0 bridgehead atoms. The van der Waals surface area contributed by atoms with Gasteiger partial charge in [0, 0.05) is 12.2 Å². The van der Waals surface area contributed by atoms with E-state index in [0.29, 0.717) is 11.3 Å². The van der Waals surface area contributed by atoms with Crippen LogP contribution in [0.5, 0.6) is 0 Å². The Bertz CT molecular complexity index is 610. The van der Waals surface area contributed by atoms with Gasteiger partial charge in [-0.15, -0.1) is 0 Å². The summed E-state index contributed by atoms with van der Waals surface area (Å²) in [6, 6.07) is 4.50. The van der Waals surface area contributed by atoms with E-state index >= 15 is 0 Å². The molecule has 0 fully saturated rings. The molecule has 2 rings (SSSR count). The number of hydrogen-bond acceptors (Lipinski definition) is 4. The number of rotatable bonds is 4. The first kappa shape index (κ1) is 14.0. The second-order valence-corrected chi connectivity index (χ2v) is 6.43. The molecule has 104 valence electrons. The molecule has 0 aliphatic carbocycles. The van der Waals surface area contributed by atoms with Crippen LogP contribution in [0.1, 0.15) is 25.3 Å². The molecule has 0 radical (unpaired) electrons. The van der Waals surface area contributed by atoms with E-state index in [1.807, 2.05) is 0 Å². The standard InChI is InChI=1S/C12H16N2O4S/c1-7(15)6-13-19(17,18)9-3-4-11-10(5-9)8(2)12(16)14-11/h3-5,7-8,13,15H,6H2,1-2H3,(H,14,16). The van der Waals surface area contributed by atoms with E-state index in [0.717, 1.165) is 0 Å². The lowest BCUT2D eigenvalue weighted by Crippen LogP contribution is -2.30. The molecular weight excluding hydrogens is 268 g/mol. The Morgan fingerprint density at radius 2 is 2.16 bits per heavy atom. The minimum absolute atomic E-state index is 0.0495. The topological polar surface area (TPSA) is 95.5 Å². The largest absolute Gasteiger partial charge is 0.392 e. The third-order valence-electron chi connectivity index (χ3n) is 3.02. The van der Waals surface area contributed by atoms with Crippen molar-refractivity contribution in [1.82, 2.24) is 4.72 Å². The monoisotopic (exact) mass is 284 g/mol. The fraction of sp³-hybridized carbons (Fsp3) is 0.417. The van der Waals surface area contributed by atoms with Crippen LogP contribution in [0.25, 0.3) is 0 Å². The highest BCUT2D eigenvalue weighted by Crippen LogP contribution is 2.33. The number of carbonyl (C=O) groups is 1. The lowest BCUT2D eigenvalue weighted by Gasteiger charge is -2.10. The van der Waals surface area contributed by atoms with E-state index in [-0.39, 0.29) is 23.3 Å². The van der Waals surface area contributed by atoms with Gasteiger partial charge >= 0.3 is 0 Å². The van der Waals surface area contributed by atoms with Crippen LogP contribution in [0.2, 0.25) is 0 Å². The highest BCUT2D eigenvalue weighted by Gasteiger charge is 2.28. The molecule has 0 aromatic heterocycles. The first-order chi connectivity index (χ1) is 8.81. The summed E-state index contributed by atoms with van der Waals surface area (Å²) in [4.78, 5) is 11.6. The van der Waals surface area contributed by atoms with Crippen molar-refractivity contribution < 1.29 is 18.3 Å². The molecule has 1 amide bonds.